The fraction of sp³-hybridized carbons (Fsp3) is 0.125. The minimum Gasteiger partial charge on any atom is -0.465 e. The van der Waals surface area contributed by atoms with Gasteiger partial charge in [0, 0.05) is 0 Å². The number of carbonyl (C=O) groups is 1. The third-order valence-corrected chi connectivity index (χ3v) is 1.63. The number of rotatable bonds is 1. The predicted octanol–water partition coefficient (Wildman–Crippen LogP) is 2.07. The average Bonchev–Trinajstić information content (AvgIpc) is 2.16. The molecule has 0 aliphatic rings. The molecule has 5 heteroatoms. The lowest BCUT2D eigenvalue weighted by Crippen LogP contribution is -2.01. The molecular weight excluding hydrogens is 192 g/mol. The number of ether oxygens (including phenoxy) is 1. The maximum Gasteiger partial charge on any atom is 0.341 e. The Hall–Kier alpha value is -1.60. The van der Waals surface area contributed by atoms with Gasteiger partial charge < -0.3 is 9.58 Å². The summed E-state index contributed by atoms with van der Waals surface area (Å²) >= 11 is 5.65. The first-order valence-electron chi connectivity index (χ1n) is 3.30. The van der Waals surface area contributed by atoms with E-state index in [0.717, 1.165) is 0 Å². The standard InChI is InChI=1S/C8H5ClN2O2/c1-10-7-6(9)3-5(4-11-7)8(12)13-2/h3-4H,2H3. The lowest BCUT2D eigenvalue weighted by atomic mass is 10.3. The van der Waals surface area contributed by atoms with E-state index in [9.17, 15) is 4.79 Å². The Morgan fingerprint density at radius 1 is 1.77 bits per heavy atom. The molecule has 0 amide bonds. The summed E-state index contributed by atoms with van der Waals surface area (Å²) in [7, 11) is 1.26. The summed E-state index contributed by atoms with van der Waals surface area (Å²) in [5, 5.41) is 0.151. The van der Waals surface area contributed by atoms with Crippen molar-refractivity contribution in [3.8, 4) is 0 Å². The first-order chi connectivity index (χ1) is 6.19. The maximum atomic E-state index is 11.0. The zero-order valence-electron chi connectivity index (χ0n) is 6.74. The van der Waals surface area contributed by atoms with Crippen LogP contribution in [-0.2, 0) is 4.74 Å². The van der Waals surface area contributed by atoms with Gasteiger partial charge in [0.05, 0.1) is 12.1 Å². The van der Waals surface area contributed by atoms with Gasteiger partial charge in [-0.05, 0) is 6.07 Å². The molecule has 0 unspecified atom stereocenters. The molecule has 0 N–H and O–H groups in total. The molecular formula is C8H5ClN2O2. The van der Waals surface area contributed by atoms with Crippen LogP contribution in [0, 0.1) is 6.57 Å². The molecule has 66 valence electrons. The third-order valence-electron chi connectivity index (χ3n) is 1.35. The number of carbonyl (C=O) groups excluding carboxylic acids is 1. The highest BCUT2D eigenvalue weighted by Crippen LogP contribution is 2.22. The Balaban J connectivity index is 3.11. The number of hydrogen-bond donors (Lipinski definition) is 0. The topological polar surface area (TPSA) is 43.5 Å². The smallest absolute Gasteiger partial charge is 0.341 e. The van der Waals surface area contributed by atoms with Gasteiger partial charge in [-0.2, -0.15) is 0 Å². The van der Waals surface area contributed by atoms with Crippen LogP contribution in [0.25, 0.3) is 4.85 Å². The summed E-state index contributed by atoms with van der Waals surface area (Å²) in [6.45, 7) is 6.67. The summed E-state index contributed by atoms with van der Waals surface area (Å²) in [6.07, 6.45) is 1.26. The summed E-state index contributed by atoms with van der Waals surface area (Å²) in [4.78, 5) is 17.7. The van der Waals surface area contributed by atoms with E-state index in [1.165, 1.54) is 19.4 Å². The number of halogens is 1. The number of nitrogens with zero attached hydrogens (tertiary/aromatic N) is 2. The van der Waals surface area contributed by atoms with Crippen molar-refractivity contribution in [2.24, 2.45) is 0 Å². The van der Waals surface area contributed by atoms with Crippen LogP contribution in [0.15, 0.2) is 12.3 Å². The van der Waals surface area contributed by atoms with Crippen molar-refractivity contribution in [1.29, 1.82) is 0 Å². The van der Waals surface area contributed by atoms with Gasteiger partial charge in [0.2, 0.25) is 0 Å². The summed E-state index contributed by atoms with van der Waals surface area (Å²) < 4.78 is 4.45. The maximum absolute atomic E-state index is 11.0. The summed E-state index contributed by atoms with van der Waals surface area (Å²) in [5.41, 5.74) is 0.236. The number of hydrogen-bond acceptors (Lipinski definition) is 3. The second kappa shape index (κ2) is 3.87. The molecule has 1 rings (SSSR count). The van der Waals surface area contributed by atoms with E-state index in [4.69, 9.17) is 18.2 Å². The van der Waals surface area contributed by atoms with Crippen molar-refractivity contribution < 1.29 is 9.53 Å². The van der Waals surface area contributed by atoms with Gasteiger partial charge >= 0.3 is 5.97 Å². The molecule has 1 aromatic rings. The van der Waals surface area contributed by atoms with Gasteiger partial charge in [0.1, 0.15) is 11.8 Å². The van der Waals surface area contributed by atoms with Gasteiger partial charge in [-0.3, -0.25) is 0 Å². The van der Waals surface area contributed by atoms with Crippen molar-refractivity contribution in [2.75, 3.05) is 7.11 Å². The second-order valence-electron chi connectivity index (χ2n) is 2.13. The van der Waals surface area contributed by atoms with Crippen LogP contribution in [0.2, 0.25) is 5.02 Å². The predicted molar refractivity (Wildman–Crippen MR) is 46.8 cm³/mol. The SMILES string of the molecule is [C-]#[N+]c1ncc(C(=O)OC)cc1Cl. The largest absolute Gasteiger partial charge is 0.465 e. The molecule has 1 aromatic heterocycles. The normalized spacial score (nSPS) is 9.00. The highest BCUT2D eigenvalue weighted by molar-refractivity contribution is 6.33. The van der Waals surface area contributed by atoms with Crippen LogP contribution in [-0.4, -0.2) is 18.1 Å². The molecule has 0 aromatic carbocycles. The Morgan fingerprint density at radius 3 is 2.92 bits per heavy atom. The first-order valence-corrected chi connectivity index (χ1v) is 3.68. The third kappa shape index (κ3) is 1.95. The van der Waals surface area contributed by atoms with Crippen molar-refractivity contribution in [1.82, 2.24) is 4.98 Å². The average molecular weight is 197 g/mol. The van der Waals surface area contributed by atoms with E-state index in [0.29, 0.717) is 0 Å². The molecule has 0 spiro atoms. The van der Waals surface area contributed by atoms with E-state index in [-0.39, 0.29) is 16.4 Å². The number of aromatic nitrogens is 1. The molecule has 0 bridgehead atoms. The lowest BCUT2D eigenvalue weighted by molar-refractivity contribution is 0.0600. The van der Waals surface area contributed by atoms with E-state index >= 15 is 0 Å². The molecule has 0 aliphatic heterocycles. The van der Waals surface area contributed by atoms with Crippen LogP contribution in [0.1, 0.15) is 10.4 Å². The Morgan fingerprint density at radius 2 is 2.46 bits per heavy atom. The fourth-order valence-electron chi connectivity index (χ4n) is 0.742. The van der Waals surface area contributed by atoms with Crippen molar-refractivity contribution in [3.63, 3.8) is 0 Å². The van der Waals surface area contributed by atoms with Crippen LogP contribution in [0.4, 0.5) is 5.82 Å². The summed E-state index contributed by atoms with van der Waals surface area (Å²) in [6, 6.07) is 1.35. The Bertz CT molecular complexity index is 384. The molecule has 0 saturated heterocycles. The minimum atomic E-state index is -0.522. The van der Waals surface area contributed by atoms with Crippen molar-refractivity contribution in [2.45, 2.75) is 0 Å². The molecule has 0 radical (unpaired) electrons. The molecule has 0 atom stereocenters. The molecule has 0 aliphatic carbocycles. The molecule has 13 heavy (non-hydrogen) atoms. The highest BCUT2D eigenvalue weighted by atomic mass is 35.5. The molecule has 4 nitrogen and oxygen atoms in total. The Labute approximate surface area is 79.9 Å². The second-order valence-corrected chi connectivity index (χ2v) is 2.54. The van der Waals surface area contributed by atoms with E-state index in [2.05, 4.69) is 14.6 Å². The van der Waals surface area contributed by atoms with E-state index in [1.54, 1.807) is 0 Å². The van der Waals surface area contributed by atoms with E-state index in [1.807, 2.05) is 0 Å². The molecule has 0 fully saturated rings. The van der Waals surface area contributed by atoms with Gasteiger partial charge in [0.15, 0.2) is 0 Å². The zero-order valence-corrected chi connectivity index (χ0v) is 7.50. The van der Waals surface area contributed by atoms with Crippen LogP contribution in [0.5, 0.6) is 0 Å². The van der Waals surface area contributed by atoms with Crippen molar-refractivity contribution in [3.05, 3.63) is 34.3 Å². The van der Waals surface area contributed by atoms with Crippen molar-refractivity contribution >= 4 is 23.4 Å². The lowest BCUT2D eigenvalue weighted by Gasteiger charge is -1.97. The van der Waals surface area contributed by atoms with Crippen LogP contribution in [0.3, 0.4) is 0 Å². The zero-order chi connectivity index (χ0) is 9.84. The monoisotopic (exact) mass is 196 g/mol. The number of esters is 1. The molecule has 1 heterocycles. The molecule has 0 saturated carbocycles. The quantitative estimate of drug-likeness (QED) is 0.510. The Kier molecular flexibility index (Phi) is 2.83. The minimum absolute atomic E-state index is 0.0781. The first kappa shape index (κ1) is 9.49. The van der Waals surface area contributed by atoms with Gasteiger partial charge in [-0.1, -0.05) is 18.2 Å². The van der Waals surface area contributed by atoms with Crippen LogP contribution >= 0.6 is 11.6 Å². The van der Waals surface area contributed by atoms with E-state index < -0.39 is 5.97 Å². The van der Waals surface area contributed by atoms with Gasteiger partial charge in [-0.15, -0.1) is 4.98 Å². The number of methoxy groups -OCH3 is 1. The number of pyridine rings is 1. The van der Waals surface area contributed by atoms with Gasteiger partial charge in [-0.25, -0.2) is 4.79 Å². The highest BCUT2D eigenvalue weighted by Gasteiger charge is 2.10. The van der Waals surface area contributed by atoms with Crippen LogP contribution < -0.4 is 0 Å². The summed E-state index contributed by atoms with van der Waals surface area (Å²) in [5.74, 6) is -0.444. The fourth-order valence-corrected chi connectivity index (χ4v) is 0.951. The van der Waals surface area contributed by atoms with Gasteiger partial charge in [0.25, 0.3) is 5.82 Å².